The standard InChI is InChI=1S/C13H19FN2O/c1-3-12(16-9(2)8-13(15)17)10-6-4-5-7-11(10)14/h4-7,9,12,16H,3,8H2,1-2H3,(H2,15,17). The van der Waals surface area contributed by atoms with Crippen molar-refractivity contribution >= 4 is 5.91 Å². The fraction of sp³-hybridized carbons (Fsp3) is 0.462. The molecule has 1 aromatic carbocycles. The van der Waals surface area contributed by atoms with Crippen LogP contribution in [0, 0.1) is 5.82 Å². The molecule has 94 valence electrons. The van der Waals surface area contributed by atoms with E-state index >= 15 is 0 Å². The lowest BCUT2D eigenvalue weighted by atomic mass is 10.0. The molecule has 1 aromatic rings. The number of primary amides is 1. The van der Waals surface area contributed by atoms with Crippen LogP contribution in [0.15, 0.2) is 24.3 Å². The zero-order valence-electron chi connectivity index (χ0n) is 10.2. The molecule has 0 saturated heterocycles. The number of halogens is 1. The fourth-order valence-electron chi connectivity index (χ4n) is 1.89. The normalized spacial score (nSPS) is 14.3. The van der Waals surface area contributed by atoms with E-state index in [0.717, 1.165) is 6.42 Å². The summed E-state index contributed by atoms with van der Waals surface area (Å²) < 4.78 is 13.6. The van der Waals surface area contributed by atoms with Crippen molar-refractivity contribution in [3.05, 3.63) is 35.6 Å². The second-order valence-corrected chi connectivity index (χ2v) is 4.22. The van der Waals surface area contributed by atoms with Crippen molar-refractivity contribution in [2.45, 2.75) is 38.8 Å². The third kappa shape index (κ3) is 4.15. The average molecular weight is 238 g/mol. The third-order valence-electron chi connectivity index (χ3n) is 2.68. The maximum absolute atomic E-state index is 13.6. The molecule has 17 heavy (non-hydrogen) atoms. The Balaban J connectivity index is 2.72. The molecular weight excluding hydrogens is 219 g/mol. The number of carbonyl (C=O) groups excluding carboxylic acids is 1. The molecule has 2 unspecified atom stereocenters. The van der Waals surface area contributed by atoms with Gasteiger partial charge in [0, 0.05) is 24.1 Å². The predicted octanol–water partition coefficient (Wildman–Crippen LogP) is 2.13. The Labute approximate surface area is 101 Å². The molecular formula is C13H19FN2O. The molecule has 0 aliphatic rings. The first kappa shape index (κ1) is 13.6. The monoisotopic (exact) mass is 238 g/mol. The van der Waals surface area contributed by atoms with E-state index in [1.807, 2.05) is 19.9 Å². The van der Waals surface area contributed by atoms with E-state index in [2.05, 4.69) is 5.32 Å². The first-order valence-electron chi connectivity index (χ1n) is 5.83. The first-order chi connectivity index (χ1) is 8.04. The van der Waals surface area contributed by atoms with Crippen LogP contribution < -0.4 is 11.1 Å². The zero-order chi connectivity index (χ0) is 12.8. The van der Waals surface area contributed by atoms with Gasteiger partial charge in [-0.2, -0.15) is 0 Å². The summed E-state index contributed by atoms with van der Waals surface area (Å²) in [5, 5.41) is 3.21. The Kier molecular flexibility index (Phi) is 5.10. The summed E-state index contributed by atoms with van der Waals surface area (Å²) in [6, 6.07) is 6.52. The van der Waals surface area contributed by atoms with Crippen LogP contribution in [0.1, 0.15) is 38.3 Å². The summed E-state index contributed by atoms with van der Waals surface area (Å²) in [7, 11) is 0. The van der Waals surface area contributed by atoms with Gasteiger partial charge in [0.05, 0.1) is 0 Å². The summed E-state index contributed by atoms with van der Waals surface area (Å²) in [5.74, 6) is -0.577. The molecule has 0 radical (unpaired) electrons. The summed E-state index contributed by atoms with van der Waals surface area (Å²) in [4.78, 5) is 10.8. The Morgan fingerprint density at radius 3 is 2.65 bits per heavy atom. The Hall–Kier alpha value is -1.42. The molecule has 3 nitrogen and oxygen atoms in total. The molecule has 3 N–H and O–H groups in total. The molecule has 1 rings (SSSR count). The van der Waals surface area contributed by atoms with E-state index in [-0.39, 0.29) is 30.2 Å². The highest BCUT2D eigenvalue weighted by atomic mass is 19.1. The smallest absolute Gasteiger partial charge is 0.218 e. The van der Waals surface area contributed by atoms with Gasteiger partial charge >= 0.3 is 0 Å². The van der Waals surface area contributed by atoms with Crippen LogP contribution in [0.25, 0.3) is 0 Å². The van der Waals surface area contributed by atoms with Crippen molar-refractivity contribution in [1.82, 2.24) is 5.32 Å². The lowest BCUT2D eigenvalue weighted by Gasteiger charge is -2.22. The molecule has 2 atom stereocenters. The second-order valence-electron chi connectivity index (χ2n) is 4.22. The van der Waals surface area contributed by atoms with E-state index in [9.17, 15) is 9.18 Å². The third-order valence-corrected chi connectivity index (χ3v) is 2.68. The molecule has 0 aliphatic heterocycles. The van der Waals surface area contributed by atoms with Gasteiger partial charge in [0.1, 0.15) is 5.82 Å². The minimum Gasteiger partial charge on any atom is -0.370 e. The van der Waals surface area contributed by atoms with E-state index in [1.165, 1.54) is 6.07 Å². The first-order valence-corrected chi connectivity index (χ1v) is 5.83. The number of nitrogens with two attached hydrogens (primary N) is 1. The molecule has 0 heterocycles. The fourth-order valence-corrected chi connectivity index (χ4v) is 1.89. The number of hydrogen-bond donors (Lipinski definition) is 2. The van der Waals surface area contributed by atoms with Gasteiger partial charge in [-0.05, 0) is 19.4 Å². The van der Waals surface area contributed by atoms with E-state index in [4.69, 9.17) is 5.73 Å². The van der Waals surface area contributed by atoms with Crippen LogP contribution in [0.5, 0.6) is 0 Å². The summed E-state index contributed by atoms with van der Waals surface area (Å²) >= 11 is 0. The number of rotatable bonds is 6. The highest BCUT2D eigenvalue weighted by molar-refractivity contribution is 5.74. The average Bonchev–Trinajstić information content (AvgIpc) is 2.26. The second kappa shape index (κ2) is 6.35. The van der Waals surface area contributed by atoms with E-state index < -0.39 is 0 Å². The van der Waals surface area contributed by atoms with Gasteiger partial charge in [0.25, 0.3) is 0 Å². The summed E-state index contributed by atoms with van der Waals surface area (Å²) in [5.41, 5.74) is 5.76. The molecule has 0 aromatic heterocycles. The van der Waals surface area contributed by atoms with Crippen molar-refractivity contribution in [3.63, 3.8) is 0 Å². The van der Waals surface area contributed by atoms with Crippen LogP contribution in [0.3, 0.4) is 0 Å². The minimum absolute atomic E-state index is 0.0583. The predicted molar refractivity (Wildman–Crippen MR) is 65.8 cm³/mol. The summed E-state index contributed by atoms with van der Waals surface area (Å²) in [6.45, 7) is 3.84. The molecule has 1 amide bonds. The van der Waals surface area contributed by atoms with Gasteiger partial charge in [-0.25, -0.2) is 4.39 Å². The van der Waals surface area contributed by atoms with Crippen molar-refractivity contribution in [2.75, 3.05) is 0 Å². The zero-order valence-corrected chi connectivity index (χ0v) is 10.2. The van der Waals surface area contributed by atoms with Gasteiger partial charge in [-0.3, -0.25) is 4.79 Å². The topological polar surface area (TPSA) is 55.1 Å². The van der Waals surface area contributed by atoms with Crippen LogP contribution in [0.2, 0.25) is 0 Å². The maximum Gasteiger partial charge on any atom is 0.218 e. The van der Waals surface area contributed by atoms with Gasteiger partial charge in [0.2, 0.25) is 5.91 Å². The minimum atomic E-state index is -0.353. The molecule has 0 aliphatic carbocycles. The van der Waals surface area contributed by atoms with Crippen molar-refractivity contribution in [3.8, 4) is 0 Å². The number of nitrogens with one attached hydrogen (secondary N) is 1. The number of amides is 1. The lowest BCUT2D eigenvalue weighted by molar-refractivity contribution is -0.118. The van der Waals surface area contributed by atoms with Gasteiger partial charge in [0.15, 0.2) is 0 Å². The highest BCUT2D eigenvalue weighted by Gasteiger charge is 2.16. The Morgan fingerprint density at radius 1 is 1.47 bits per heavy atom. The Morgan fingerprint density at radius 2 is 2.12 bits per heavy atom. The van der Waals surface area contributed by atoms with Crippen LogP contribution in [-0.2, 0) is 4.79 Å². The van der Waals surface area contributed by atoms with Gasteiger partial charge in [-0.15, -0.1) is 0 Å². The van der Waals surface area contributed by atoms with Crippen molar-refractivity contribution in [1.29, 1.82) is 0 Å². The van der Waals surface area contributed by atoms with Crippen LogP contribution >= 0.6 is 0 Å². The van der Waals surface area contributed by atoms with Crippen LogP contribution in [0.4, 0.5) is 4.39 Å². The number of carbonyl (C=O) groups is 1. The molecule has 0 bridgehead atoms. The largest absolute Gasteiger partial charge is 0.370 e. The number of benzene rings is 1. The van der Waals surface area contributed by atoms with Crippen molar-refractivity contribution < 1.29 is 9.18 Å². The summed E-state index contributed by atoms with van der Waals surface area (Å²) in [6.07, 6.45) is 1.01. The Bertz CT molecular complexity index is 381. The van der Waals surface area contributed by atoms with Gasteiger partial charge < -0.3 is 11.1 Å². The molecule has 0 fully saturated rings. The SMILES string of the molecule is CCC(NC(C)CC(N)=O)c1ccccc1F. The number of hydrogen-bond acceptors (Lipinski definition) is 2. The quantitative estimate of drug-likeness (QED) is 0.797. The molecule has 0 spiro atoms. The maximum atomic E-state index is 13.6. The lowest BCUT2D eigenvalue weighted by Crippen LogP contribution is -2.34. The molecule has 0 saturated carbocycles. The van der Waals surface area contributed by atoms with Gasteiger partial charge in [-0.1, -0.05) is 25.1 Å². The van der Waals surface area contributed by atoms with Crippen molar-refractivity contribution in [2.24, 2.45) is 5.73 Å². The van der Waals surface area contributed by atoms with E-state index in [0.29, 0.717) is 5.56 Å². The van der Waals surface area contributed by atoms with E-state index in [1.54, 1.807) is 12.1 Å². The van der Waals surface area contributed by atoms with Crippen LogP contribution in [-0.4, -0.2) is 11.9 Å². The highest BCUT2D eigenvalue weighted by Crippen LogP contribution is 2.20. The molecule has 4 heteroatoms.